The fourth-order valence-electron chi connectivity index (χ4n) is 4.99. The van der Waals surface area contributed by atoms with E-state index < -0.39 is 24.1 Å². The summed E-state index contributed by atoms with van der Waals surface area (Å²) in [6, 6.07) is 12.7. The van der Waals surface area contributed by atoms with Gasteiger partial charge < -0.3 is 25.1 Å². The number of halogens is 2. The Labute approximate surface area is 252 Å². The molecule has 0 saturated heterocycles. The second kappa shape index (κ2) is 17.0. The zero-order chi connectivity index (χ0) is 29.6. The van der Waals surface area contributed by atoms with Gasteiger partial charge in [-0.15, -0.1) is 0 Å². The lowest BCUT2D eigenvalue weighted by molar-refractivity contribution is -0.131. The molecule has 3 rings (SSSR count). The van der Waals surface area contributed by atoms with E-state index in [4.69, 9.17) is 27.9 Å². The summed E-state index contributed by atoms with van der Waals surface area (Å²) < 4.78 is 5.34. The molecule has 0 radical (unpaired) electrons. The number of rotatable bonds is 14. The number of carbonyl (C=O) groups is 4. The Morgan fingerprint density at radius 2 is 1.66 bits per heavy atom. The molecular weight excluding hydrogens is 565 g/mol. The van der Waals surface area contributed by atoms with E-state index >= 15 is 0 Å². The molecule has 3 amide bonds. The normalized spacial score (nSPS) is 14.9. The van der Waals surface area contributed by atoms with Crippen LogP contribution in [0.1, 0.15) is 62.5 Å². The van der Waals surface area contributed by atoms with Crippen LogP contribution in [0.3, 0.4) is 0 Å². The first-order valence-electron chi connectivity index (χ1n) is 14.1. The van der Waals surface area contributed by atoms with Crippen molar-refractivity contribution in [2.75, 3.05) is 13.6 Å². The van der Waals surface area contributed by atoms with E-state index in [0.717, 1.165) is 43.2 Å². The Bertz CT molecular complexity index is 1170. The van der Waals surface area contributed by atoms with E-state index in [-0.39, 0.29) is 31.3 Å². The smallest absolute Gasteiger partial charge is 0.408 e. The quantitative estimate of drug-likeness (QED) is 0.269. The van der Waals surface area contributed by atoms with Crippen LogP contribution in [0.25, 0.3) is 0 Å². The minimum absolute atomic E-state index is 0.00800. The molecule has 1 aliphatic carbocycles. The van der Waals surface area contributed by atoms with E-state index in [2.05, 4.69) is 10.6 Å². The topological polar surface area (TPSA) is 105 Å². The Hall–Kier alpha value is -3.10. The van der Waals surface area contributed by atoms with Gasteiger partial charge in [0.2, 0.25) is 11.8 Å². The lowest BCUT2D eigenvalue weighted by Crippen LogP contribution is -2.51. The van der Waals surface area contributed by atoms with E-state index in [1.165, 1.54) is 0 Å². The summed E-state index contributed by atoms with van der Waals surface area (Å²) in [7, 11) is 1.71. The van der Waals surface area contributed by atoms with Crippen molar-refractivity contribution in [3.63, 3.8) is 0 Å². The molecule has 222 valence electrons. The van der Waals surface area contributed by atoms with Crippen LogP contribution >= 0.6 is 23.2 Å². The van der Waals surface area contributed by atoms with Crippen molar-refractivity contribution in [1.82, 2.24) is 15.5 Å². The maximum atomic E-state index is 13.2. The molecule has 2 N–H and O–H groups in total. The zero-order valence-corrected chi connectivity index (χ0v) is 25.0. The predicted octanol–water partition coefficient (Wildman–Crippen LogP) is 5.72. The Morgan fingerprint density at radius 3 is 2.32 bits per heavy atom. The fraction of sp³-hybridized carbons (Fsp3) is 0.484. The second-order valence-electron chi connectivity index (χ2n) is 10.6. The number of benzene rings is 2. The molecule has 0 unspecified atom stereocenters. The van der Waals surface area contributed by atoms with Crippen molar-refractivity contribution in [3.8, 4) is 0 Å². The van der Waals surface area contributed by atoms with Gasteiger partial charge in [-0.1, -0.05) is 79.6 Å². The molecule has 0 aliphatic heterocycles. The number of hydrogen-bond acceptors (Lipinski definition) is 5. The molecule has 0 heterocycles. The molecule has 1 fully saturated rings. The van der Waals surface area contributed by atoms with Gasteiger partial charge in [-0.25, -0.2) is 4.79 Å². The average molecular weight is 605 g/mol. The van der Waals surface area contributed by atoms with Crippen molar-refractivity contribution in [1.29, 1.82) is 0 Å². The van der Waals surface area contributed by atoms with E-state index in [9.17, 15) is 19.2 Å². The molecule has 1 aliphatic rings. The van der Waals surface area contributed by atoms with Crippen LogP contribution in [0.15, 0.2) is 48.5 Å². The third-order valence-electron chi connectivity index (χ3n) is 7.37. The van der Waals surface area contributed by atoms with Crippen LogP contribution < -0.4 is 10.6 Å². The van der Waals surface area contributed by atoms with Gasteiger partial charge in [-0.2, -0.15) is 0 Å². The molecular formula is C31H39Cl2N3O5. The van der Waals surface area contributed by atoms with Crippen LogP contribution in [0.2, 0.25) is 10.0 Å². The SMILES string of the molecule is CN(CCc1cccc(Cl)c1)C(=O)CC[C@@H](C=O)NC(=O)[C@H](CC1CCCCC1)NC(=O)OCc1cccc(Cl)c1. The number of carbonyl (C=O) groups excluding carboxylic acids is 4. The fourth-order valence-corrected chi connectivity index (χ4v) is 5.41. The van der Waals surface area contributed by atoms with Gasteiger partial charge in [0.15, 0.2) is 0 Å². The van der Waals surface area contributed by atoms with Gasteiger partial charge in [0.25, 0.3) is 0 Å². The minimum atomic E-state index is -0.858. The standard InChI is InChI=1S/C31H39Cl2N3O5/c1-36(16-15-23-9-5-11-25(32)17-23)29(38)14-13-27(20-37)34-30(39)28(19-22-7-3-2-4-8-22)35-31(40)41-21-24-10-6-12-26(33)18-24/h5-6,9-12,17-18,20,22,27-28H,2-4,7-8,13-16,19,21H2,1H3,(H,34,39)(H,35,40)/t27-,28-/m0/s1. The number of likely N-dealkylation sites (N-methyl/N-ethyl adjacent to an activating group) is 1. The van der Waals surface area contributed by atoms with Gasteiger partial charge in [0.1, 0.15) is 18.9 Å². The molecule has 2 atom stereocenters. The molecule has 10 heteroatoms. The van der Waals surface area contributed by atoms with Crippen molar-refractivity contribution < 1.29 is 23.9 Å². The van der Waals surface area contributed by atoms with Gasteiger partial charge in [0, 0.05) is 30.1 Å². The number of nitrogens with zero attached hydrogens (tertiary/aromatic N) is 1. The first-order chi connectivity index (χ1) is 19.7. The van der Waals surface area contributed by atoms with Crippen LogP contribution in [-0.2, 0) is 32.1 Å². The summed E-state index contributed by atoms with van der Waals surface area (Å²) in [5, 5.41) is 6.59. The highest BCUT2D eigenvalue weighted by molar-refractivity contribution is 6.30. The van der Waals surface area contributed by atoms with Crippen molar-refractivity contribution in [3.05, 3.63) is 69.7 Å². The van der Waals surface area contributed by atoms with Crippen LogP contribution in [0.4, 0.5) is 4.79 Å². The summed E-state index contributed by atoms with van der Waals surface area (Å²) in [4.78, 5) is 52.0. The van der Waals surface area contributed by atoms with Gasteiger partial charge in [-0.05, 0) is 60.6 Å². The summed E-state index contributed by atoms with van der Waals surface area (Å²) >= 11 is 12.0. The monoisotopic (exact) mass is 603 g/mol. The average Bonchev–Trinajstić information content (AvgIpc) is 2.97. The minimum Gasteiger partial charge on any atom is -0.445 e. The Kier molecular flexibility index (Phi) is 13.4. The van der Waals surface area contributed by atoms with E-state index in [0.29, 0.717) is 35.7 Å². The van der Waals surface area contributed by atoms with Crippen LogP contribution in [0, 0.1) is 5.92 Å². The second-order valence-corrected chi connectivity index (χ2v) is 11.5. The number of amides is 3. The first-order valence-corrected chi connectivity index (χ1v) is 14.9. The Balaban J connectivity index is 1.51. The van der Waals surface area contributed by atoms with Gasteiger partial charge in [-0.3, -0.25) is 9.59 Å². The molecule has 0 bridgehead atoms. The van der Waals surface area contributed by atoms with Crippen LogP contribution in [-0.4, -0.2) is 54.8 Å². The first kappa shape index (κ1) is 32.4. The highest BCUT2D eigenvalue weighted by atomic mass is 35.5. The molecule has 8 nitrogen and oxygen atoms in total. The summed E-state index contributed by atoms with van der Waals surface area (Å²) in [6.07, 6.45) is 6.57. The maximum absolute atomic E-state index is 13.2. The summed E-state index contributed by atoms with van der Waals surface area (Å²) in [6.45, 7) is 0.510. The predicted molar refractivity (Wildman–Crippen MR) is 160 cm³/mol. The van der Waals surface area contributed by atoms with Crippen molar-refractivity contribution >= 4 is 47.4 Å². The van der Waals surface area contributed by atoms with Crippen LogP contribution in [0.5, 0.6) is 0 Å². The molecule has 1 saturated carbocycles. The number of hydrogen-bond donors (Lipinski definition) is 2. The van der Waals surface area contributed by atoms with E-state index in [1.807, 2.05) is 18.2 Å². The molecule has 41 heavy (non-hydrogen) atoms. The van der Waals surface area contributed by atoms with Gasteiger partial charge in [0.05, 0.1) is 6.04 Å². The number of aldehydes is 1. The third-order valence-corrected chi connectivity index (χ3v) is 7.84. The largest absolute Gasteiger partial charge is 0.445 e. The lowest BCUT2D eigenvalue weighted by atomic mass is 9.84. The number of ether oxygens (including phenoxy) is 1. The van der Waals surface area contributed by atoms with Crippen molar-refractivity contribution in [2.45, 2.75) is 76.5 Å². The highest BCUT2D eigenvalue weighted by Crippen LogP contribution is 2.27. The zero-order valence-electron chi connectivity index (χ0n) is 23.5. The van der Waals surface area contributed by atoms with E-state index in [1.54, 1.807) is 42.3 Å². The number of alkyl carbamates (subject to hydrolysis) is 1. The maximum Gasteiger partial charge on any atom is 0.408 e. The van der Waals surface area contributed by atoms with Gasteiger partial charge >= 0.3 is 6.09 Å². The molecule has 0 spiro atoms. The third kappa shape index (κ3) is 11.7. The number of nitrogens with one attached hydrogen (secondary N) is 2. The molecule has 2 aromatic rings. The molecule has 2 aromatic carbocycles. The summed E-state index contributed by atoms with van der Waals surface area (Å²) in [5.41, 5.74) is 1.75. The lowest BCUT2D eigenvalue weighted by Gasteiger charge is -2.27. The van der Waals surface area contributed by atoms with Crippen molar-refractivity contribution in [2.24, 2.45) is 5.92 Å². The Morgan fingerprint density at radius 1 is 1.00 bits per heavy atom. The highest BCUT2D eigenvalue weighted by Gasteiger charge is 2.28. The summed E-state index contributed by atoms with van der Waals surface area (Å²) in [5.74, 6) is -0.305. The molecule has 0 aromatic heterocycles.